The van der Waals surface area contributed by atoms with Crippen molar-refractivity contribution in [3.63, 3.8) is 0 Å². The third-order valence-corrected chi connectivity index (χ3v) is 3.29. The molecule has 0 aliphatic heterocycles. The highest BCUT2D eigenvalue weighted by molar-refractivity contribution is 5.71. The van der Waals surface area contributed by atoms with Gasteiger partial charge >= 0.3 is 5.97 Å². The second kappa shape index (κ2) is 6.92. The van der Waals surface area contributed by atoms with Gasteiger partial charge in [0.15, 0.2) is 0 Å². The fourth-order valence-electron chi connectivity index (χ4n) is 1.91. The monoisotopic (exact) mass is 288 g/mol. The number of aliphatic carboxylic acids is 1. The van der Waals surface area contributed by atoms with Crippen molar-refractivity contribution in [3.8, 4) is 16.9 Å². The molecule has 21 heavy (non-hydrogen) atoms. The van der Waals surface area contributed by atoms with E-state index in [0.717, 1.165) is 29.7 Å². The van der Waals surface area contributed by atoms with Gasteiger partial charge < -0.3 is 9.84 Å². The predicted molar refractivity (Wildman–Crippen MR) is 80.4 cm³/mol. The van der Waals surface area contributed by atoms with Gasteiger partial charge in [-0.25, -0.2) is 4.79 Å². The van der Waals surface area contributed by atoms with Crippen LogP contribution in [0.1, 0.15) is 32.7 Å². The van der Waals surface area contributed by atoms with Crippen molar-refractivity contribution in [2.75, 3.05) is 6.61 Å². The highest BCUT2D eigenvalue weighted by Gasteiger charge is 2.14. The number of unbranched alkanes of at least 4 members (excludes halogenated alkanes) is 1. The van der Waals surface area contributed by atoms with Crippen LogP contribution < -0.4 is 4.74 Å². The summed E-state index contributed by atoms with van der Waals surface area (Å²) >= 11 is 0. The van der Waals surface area contributed by atoms with Gasteiger partial charge in [0.25, 0.3) is 0 Å². The van der Waals surface area contributed by atoms with E-state index in [1.165, 1.54) is 4.68 Å². The first kappa shape index (κ1) is 15.1. The van der Waals surface area contributed by atoms with Crippen molar-refractivity contribution in [1.82, 2.24) is 9.78 Å². The Labute approximate surface area is 124 Å². The Balaban J connectivity index is 2.14. The van der Waals surface area contributed by atoms with Gasteiger partial charge in [-0.1, -0.05) is 25.5 Å². The van der Waals surface area contributed by atoms with Crippen molar-refractivity contribution in [2.45, 2.75) is 32.7 Å². The van der Waals surface area contributed by atoms with E-state index in [2.05, 4.69) is 12.0 Å². The first-order chi connectivity index (χ1) is 10.1. The number of carbonyl (C=O) groups is 1. The van der Waals surface area contributed by atoms with Crippen LogP contribution in [0.3, 0.4) is 0 Å². The average Bonchev–Trinajstić information content (AvgIpc) is 2.97. The molecule has 0 fully saturated rings. The Kier molecular flexibility index (Phi) is 4.98. The maximum atomic E-state index is 11.0. The highest BCUT2D eigenvalue weighted by Crippen LogP contribution is 2.24. The molecule has 0 aliphatic rings. The standard InChI is InChI=1S/C16H20N2O3/c1-3-4-8-21-15-7-5-6-13(9-15)14-10-17-18(11-14)12(2)16(19)20/h5-7,9-12H,3-4,8H2,1-2H3,(H,19,20). The zero-order valence-electron chi connectivity index (χ0n) is 12.3. The van der Waals surface area contributed by atoms with Crippen LogP contribution in [-0.4, -0.2) is 27.5 Å². The first-order valence-electron chi connectivity index (χ1n) is 7.12. The number of hydrogen-bond donors (Lipinski definition) is 1. The van der Waals surface area contributed by atoms with Gasteiger partial charge in [-0.3, -0.25) is 4.68 Å². The molecule has 1 N–H and O–H groups in total. The molecule has 0 bridgehead atoms. The number of ether oxygens (including phenoxy) is 1. The van der Waals surface area contributed by atoms with E-state index < -0.39 is 12.0 Å². The Bertz CT molecular complexity index is 607. The van der Waals surface area contributed by atoms with Gasteiger partial charge in [-0.2, -0.15) is 5.10 Å². The summed E-state index contributed by atoms with van der Waals surface area (Å²) < 4.78 is 7.13. The number of aromatic nitrogens is 2. The molecule has 0 saturated carbocycles. The normalized spacial score (nSPS) is 12.1. The second-order valence-corrected chi connectivity index (χ2v) is 4.95. The zero-order chi connectivity index (χ0) is 15.2. The fraction of sp³-hybridized carbons (Fsp3) is 0.375. The van der Waals surface area contributed by atoms with Gasteiger partial charge in [0.05, 0.1) is 12.8 Å². The molecule has 112 valence electrons. The van der Waals surface area contributed by atoms with Crippen LogP contribution >= 0.6 is 0 Å². The largest absolute Gasteiger partial charge is 0.494 e. The van der Waals surface area contributed by atoms with Crippen molar-refractivity contribution < 1.29 is 14.6 Å². The van der Waals surface area contributed by atoms with Crippen LogP contribution in [0, 0.1) is 0 Å². The lowest BCUT2D eigenvalue weighted by atomic mass is 10.1. The molecular formula is C16H20N2O3. The van der Waals surface area contributed by atoms with E-state index in [9.17, 15) is 4.79 Å². The third-order valence-electron chi connectivity index (χ3n) is 3.29. The lowest BCUT2D eigenvalue weighted by Gasteiger charge is -2.07. The molecule has 0 amide bonds. The topological polar surface area (TPSA) is 64.4 Å². The van der Waals surface area contributed by atoms with Gasteiger partial charge in [-0.15, -0.1) is 0 Å². The second-order valence-electron chi connectivity index (χ2n) is 4.95. The summed E-state index contributed by atoms with van der Waals surface area (Å²) in [5.74, 6) is -0.0821. The Morgan fingerprint density at radius 3 is 2.95 bits per heavy atom. The van der Waals surface area contributed by atoms with Crippen LogP contribution in [0.15, 0.2) is 36.7 Å². The summed E-state index contributed by atoms with van der Waals surface area (Å²) in [5, 5.41) is 13.1. The van der Waals surface area contributed by atoms with Gasteiger partial charge in [-0.05, 0) is 31.0 Å². The SMILES string of the molecule is CCCCOc1cccc(-c2cnn(C(C)C(=O)O)c2)c1. The van der Waals surface area contributed by atoms with Crippen molar-refractivity contribution in [3.05, 3.63) is 36.7 Å². The summed E-state index contributed by atoms with van der Waals surface area (Å²) in [5.41, 5.74) is 1.84. The molecule has 2 rings (SSSR count). The summed E-state index contributed by atoms with van der Waals surface area (Å²) in [6.07, 6.45) is 5.53. The quantitative estimate of drug-likeness (QED) is 0.793. The fourth-order valence-corrected chi connectivity index (χ4v) is 1.91. The zero-order valence-corrected chi connectivity index (χ0v) is 12.3. The number of hydrogen-bond acceptors (Lipinski definition) is 3. The van der Waals surface area contributed by atoms with E-state index in [-0.39, 0.29) is 0 Å². The molecule has 1 heterocycles. The summed E-state index contributed by atoms with van der Waals surface area (Å²) in [7, 11) is 0. The van der Waals surface area contributed by atoms with Crippen molar-refractivity contribution in [1.29, 1.82) is 0 Å². The molecule has 1 aromatic heterocycles. The predicted octanol–water partition coefficient (Wildman–Crippen LogP) is 3.37. The molecule has 1 aromatic carbocycles. The Hall–Kier alpha value is -2.30. The molecule has 0 radical (unpaired) electrons. The number of nitrogens with zero attached hydrogens (tertiary/aromatic N) is 2. The lowest BCUT2D eigenvalue weighted by molar-refractivity contribution is -0.140. The number of carboxylic acid groups (broad SMARTS) is 1. The van der Waals surface area contributed by atoms with E-state index in [1.54, 1.807) is 19.3 Å². The van der Waals surface area contributed by atoms with Crippen molar-refractivity contribution in [2.24, 2.45) is 0 Å². The van der Waals surface area contributed by atoms with Crippen LogP contribution in [-0.2, 0) is 4.79 Å². The molecule has 0 aliphatic carbocycles. The minimum atomic E-state index is -0.902. The van der Waals surface area contributed by atoms with E-state index in [1.807, 2.05) is 24.3 Å². The van der Waals surface area contributed by atoms with Gasteiger partial charge in [0.1, 0.15) is 11.8 Å². The molecule has 5 nitrogen and oxygen atoms in total. The molecule has 5 heteroatoms. The Morgan fingerprint density at radius 2 is 2.24 bits per heavy atom. The van der Waals surface area contributed by atoms with Gasteiger partial charge in [0, 0.05) is 11.8 Å². The third kappa shape index (κ3) is 3.84. The maximum Gasteiger partial charge on any atom is 0.328 e. The summed E-state index contributed by atoms with van der Waals surface area (Å²) in [6, 6.07) is 7.07. The highest BCUT2D eigenvalue weighted by atomic mass is 16.5. The Morgan fingerprint density at radius 1 is 1.43 bits per heavy atom. The summed E-state index contributed by atoms with van der Waals surface area (Å²) in [6.45, 7) is 4.43. The molecule has 0 spiro atoms. The van der Waals surface area contributed by atoms with Crippen LogP contribution in [0.5, 0.6) is 5.75 Å². The van der Waals surface area contributed by atoms with E-state index >= 15 is 0 Å². The van der Waals surface area contributed by atoms with E-state index in [4.69, 9.17) is 9.84 Å². The smallest absolute Gasteiger partial charge is 0.328 e. The van der Waals surface area contributed by atoms with E-state index in [0.29, 0.717) is 6.61 Å². The maximum absolute atomic E-state index is 11.0. The molecule has 0 saturated heterocycles. The molecule has 2 aromatic rings. The molecule has 1 atom stereocenters. The molecule has 1 unspecified atom stereocenters. The average molecular weight is 288 g/mol. The first-order valence-corrected chi connectivity index (χ1v) is 7.12. The van der Waals surface area contributed by atoms with Crippen molar-refractivity contribution >= 4 is 5.97 Å². The van der Waals surface area contributed by atoms with Crippen LogP contribution in [0.25, 0.3) is 11.1 Å². The van der Waals surface area contributed by atoms with Gasteiger partial charge in [0.2, 0.25) is 0 Å². The van der Waals surface area contributed by atoms with Crippen LogP contribution in [0.4, 0.5) is 0 Å². The number of benzene rings is 1. The lowest BCUT2D eigenvalue weighted by Crippen LogP contribution is -2.15. The number of carboxylic acids is 1. The minimum absolute atomic E-state index is 0.678. The number of rotatable bonds is 7. The van der Waals surface area contributed by atoms with Crippen LogP contribution in [0.2, 0.25) is 0 Å². The molecular weight excluding hydrogens is 268 g/mol. The minimum Gasteiger partial charge on any atom is -0.494 e. The summed E-state index contributed by atoms with van der Waals surface area (Å²) in [4.78, 5) is 11.0.